The van der Waals surface area contributed by atoms with Gasteiger partial charge in [-0.3, -0.25) is 4.79 Å². The van der Waals surface area contributed by atoms with E-state index in [1.165, 1.54) is 10.6 Å². The van der Waals surface area contributed by atoms with Gasteiger partial charge in [-0.1, -0.05) is 30.3 Å². The molecule has 0 aliphatic carbocycles. The van der Waals surface area contributed by atoms with Gasteiger partial charge in [-0.2, -0.15) is 0 Å². The van der Waals surface area contributed by atoms with E-state index >= 15 is 0 Å². The second-order valence-corrected chi connectivity index (χ2v) is 8.80. The van der Waals surface area contributed by atoms with Crippen LogP contribution in [0.15, 0.2) is 30.3 Å². The van der Waals surface area contributed by atoms with Crippen LogP contribution in [0.25, 0.3) is 0 Å². The van der Waals surface area contributed by atoms with Crippen LogP contribution in [-0.2, 0) is 21.4 Å². The van der Waals surface area contributed by atoms with Crippen molar-refractivity contribution in [2.45, 2.75) is 32.9 Å². The minimum atomic E-state index is -3.33. The zero-order valence-corrected chi connectivity index (χ0v) is 16.8. The normalized spacial score (nSPS) is 12.2. The molecule has 0 saturated heterocycles. The summed E-state index contributed by atoms with van der Waals surface area (Å²) in [4.78, 5) is 16.4. The molecule has 1 rings (SSSR count). The van der Waals surface area contributed by atoms with Gasteiger partial charge >= 0.3 is 0 Å². The Labute approximate surface area is 152 Å². The standard InChI is InChI=1S/C18H31N3O3S/c1-16(2)21(15-17-9-7-6-8-10-17)18(22)11-12-20(25(5,23)24)14-13-19(3)4/h6-10,16H,11-15H2,1-5H3. The largest absolute Gasteiger partial charge is 0.336 e. The number of hydrogen-bond acceptors (Lipinski definition) is 4. The van der Waals surface area contributed by atoms with Gasteiger partial charge in [-0.15, -0.1) is 0 Å². The summed E-state index contributed by atoms with van der Waals surface area (Å²) in [6.45, 7) is 5.71. The molecule has 0 aromatic heterocycles. The molecule has 0 heterocycles. The topological polar surface area (TPSA) is 60.9 Å². The molecule has 0 N–H and O–H groups in total. The molecule has 0 bridgehead atoms. The van der Waals surface area contributed by atoms with Gasteiger partial charge in [0.1, 0.15) is 0 Å². The molecule has 0 radical (unpaired) electrons. The van der Waals surface area contributed by atoms with Crippen molar-refractivity contribution >= 4 is 15.9 Å². The van der Waals surface area contributed by atoms with E-state index in [9.17, 15) is 13.2 Å². The molecular formula is C18H31N3O3S. The zero-order chi connectivity index (χ0) is 19.0. The van der Waals surface area contributed by atoms with Gasteiger partial charge in [0.05, 0.1) is 6.26 Å². The first-order valence-electron chi connectivity index (χ1n) is 8.54. The van der Waals surface area contributed by atoms with Gasteiger partial charge in [0.25, 0.3) is 0 Å². The predicted octanol–water partition coefficient (Wildman–Crippen LogP) is 1.64. The lowest BCUT2D eigenvalue weighted by molar-refractivity contribution is -0.133. The van der Waals surface area contributed by atoms with Crippen LogP contribution in [-0.4, -0.2) is 74.5 Å². The van der Waals surface area contributed by atoms with Crippen LogP contribution < -0.4 is 0 Å². The van der Waals surface area contributed by atoms with Crippen molar-refractivity contribution in [1.82, 2.24) is 14.1 Å². The Hall–Kier alpha value is -1.44. The minimum Gasteiger partial charge on any atom is -0.336 e. The highest BCUT2D eigenvalue weighted by Gasteiger charge is 2.22. The third-order valence-electron chi connectivity index (χ3n) is 3.98. The number of carbonyl (C=O) groups is 1. The Morgan fingerprint density at radius 2 is 1.64 bits per heavy atom. The average Bonchev–Trinajstić information content (AvgIpc) is 2.51. The molecule has 0 unspecified atom stereocenters. The highest BCUT2D eigenvalue weighted by atomic mass is 32.2. The maximum absolute atomic E-state index is 12.7. The number of nitrogens with zero attached hydrogens (tertiary/aromatic N) is 3. The first kappa shape index (κ1) is 21.6. The average molecular weight is 370 g/mol. The number of sulfonamides is 1. The predicted molar refractivity (Wildman–Crippen MR) is 102 cm³/mol. The molecule has 0 aliphatic heterocycles. The van der Waals surface area contributed by atoms with Gasteiger partial charge < -0.3 is 9.80 Å². The summed E-state index contributed by atoms with van der Waals surface area (Å²) in [7, 11) is 0.464. The van der Waals surface area contributed by atoms with Crippen molar-refractivity contribution in [3.63, 3.8) is 0 Å². The van der Waals surface area contributed by atoms with Crippen LogP contribution >= 0.6 is 0 Å². The number of carbonyl (C=O) groups excluding carboxylic acids is 1. The Bertz CT molecular complexity index is 630. The second kappa shape index (κ2) is 9.89. The molecule has 0 atom stereocenters. The van der Waals surface area contributed by atoms with Crippen LogP contribution in [0.4, 0.5) is 0 Å². The molecule has 1 aromatic carbocycles. The molecule has 142 valence electrons. The first-order valence-corrected chi connectivity index (χ1v) is 10.4. The number of amides is 1. The first-order chi connectivity index (χ1) is 11.6. The van der Waals surface area contributed by atoms with E-state index in [0.717, 1.165) is 5.56 Å². The van der Waals surface area contributed by atoms with Gasteiger partial charge in [0.2, 0.25) is 15.9 Å². The van der Waals surface area contributed by atoms with Crippen LogP contribution in [0.3, 0.4) is 0 Å². The molecule has 6 nitrogen and oxygen atoms in total. The number of hydrogen-bond donors (Lipinski definition) is 0. The summed E-state index contributed by atoms with van der Waals surface area (Å²) in [5, 5.41) is 0. The van der Waals surface area contributed by atoms with E-state index in [4.69, 9.17) is 0 Å². The summed E-state index contributed by atoms with van der Waals surface area (Å²) in [6.07, 6.45) is 1.38. The second-order valence-electron chi connectivity index (χ2n) is 6.82. The van der Waals surface area contributed by atoms with E-state index in [2.05, 4.69) is 0 Å². The highest BCUT2D eigenvalue weighted by Crippen LogP contribution is 2.11. The zero-order valence-electron chi connectivity index (χ0n) is 16.0. The van der Waals surface area contributed by atoms with Gasteiger partial charge in [0.15, 0.2) is 0 Å². The lowest BCUT2D eigenvalue weighted by Gasteiger charge is -2.28. The van der Waals surface area contributed by atoms with E-state index in [1.54, 1.807) is 4.90 Å². The lowest BCUT2D eigenvalue weighted by atomic mass is 10.1. The molecule has 0 spiro atoms. The van der Waals surface area contributed by atoms with Crippen molar-refractivity contribution in [2.24, 2.45) is 0 Å². The minimum absolute atomic E-state index is 0.0302. The smallest absolute Gasteiger partial charge is 0.224 e. The fourth-order valence-corrected chi connectivity index (χ4v) is 3.29. The summed E-state index contributed by atoms with van der Waals surface area (Å²) >= 11 is 0. The molecule has 0 aliphatic rings. The van der Waals surface area contributed by atoms with Crippen molar-refractivity contribution in [3.8, 4) is 0 Å². The van der Waals surface area contributed by atoms with Crippen LogP contribution in [0.5, 0.6) is 0 Å². The fourth-order valence-electron chi connectivity index (χ4n) is 2.46. The molecule has 7 heteroatoms. The fraction of sp³-hybridized carbons (Fsp3) is 0.611. The summed E-state index contributed by atoms with van der Waals surface area (Å²) in [5.74, 6) is -0.0302. The SMILES string of the molecule is CC(C)N(Cc1ccccc1)C(=O)CCN(CCN(C)C)S(C)(=O)=O. The van der Waals surface area contributed by atoms with Crippen LogP contribution in [0.2, 0.25) is 0 Å². The molecule has 1 aromatic rings. The Morgan fingerprint density at radius 3 is 2.12 bits per heavy atom. The lowest BCUT2D eigenvalue weighted by Crippen LogP contribution is -2.41. The quantitative estimate of drug-likeness (QED) is 0.629. The van der Waals surface area contributed by atoms with E-state index in [1.807, 2.05) is 63.2 Å². The molecule has 0 fully saturated rings. The maximum atomic E-state index is 12.7. The number of rotatable bonds is 10. The number of benzene rings is 1. The Kier molecular flexibility index (Phi) is 8.55. The van der Waals surface area contributed by atoms with Gasteiger partial charge in [-0.05, 0) is 33.5 Å². The van der Waals surface area contributed by atoms with Crippen molar-refractivity contribution in [2.75, 3.05) is 40.0 Å². The monoisotopic (exact) mass is 369 g/mol. The Balaban J connectivity index is 2.71. The molecule has 0 saturated carbocycles. The maximum Gasteiger partial charge on any atom is 0.224 e. The third kappa shape index (κ3) is 7.98. The van der Waals surface area contributed by atoms with Crippen molar-refractivity contribution in [3.05, 3.63) is 35.9 Å². The van der Waals surface area contributed by atoms with Crippen molar-refractivity contribution in [1.29, 1.82) is 0 Å². The summed E-state index contributed by atoms with van der Waals surface area (Å²) in [6, 6.07) is 9.88. The van der Waals surface area contributed by atoms with Gasteiger partial charge in [-0.25, -0.2) is 12.7 Å². The van der Waals surface area contributed by atoms with E-state index < -0.39 is 10.0 Å². The Morgan fingerprint density at radius 1 is 1.04 bits per heavy atom. The highest BCUT2D eigenvalue weighted by molar-refractivity contribution is 7.88. The van der Waals surface area contributed by atoms with E-state index in [-0.39, 0.29) is 24.9 Å². The summed E-state index contributed by atoms with van der Waals surface area (Å²) in [5.41, 5.74) is 1.07. The van der Waals surface area contributed by atoms with Crippen LogP contribution in [0, 0.1) is 0 Å². The third-order valence-corrected chi connectivity index (χ3v) is 5.28. The van der Waals surface area contributed by atoms with Crippen LogP contribution in [0.1, 0.15) is 25.8 Å². The molecule has 1 amide bonds. The van der Waals surface area contributed by atoms with Gasteiger partial charge in [0, 0.05) is 38.6 Å². The number of likely N-dealkylation sites (N-methyl/N-ethyl adjacent to an activating group) is 1. The molecular weight excluding hydrogens is 338 g/mol. The summed E-state index contributed by atoms with van der Waals surface area (Å²) < 4.78 is 25.2. The van der Waals surface area contributed by atoms with E-state index in [0.29, 0.717) is 19.6 Å². The van der Waals surface area contributed by atoms with Crippen molar-refractivity contribution < 1.29 is 13.2 Å². The molecule has 25 heavy (non-hydrogen) atoms.